The quantitative estimate of drug-likeness (QED) is 0.622. The van der Waals surface area contributed by atoms with E-state index in [0.717, 1.165) is 5.56 Å². The molecule has 1 aromatic carbocycles. The molecular weight excluding hydrogens is 311 g/mol. The first-order valence-corrected chi connectivity index (χ1v) is 7.27. The summed E-state index contributed by atoms with van der Waals surface area (Å²) in [6.45, 7) is 2.11. The summed E-state index contributed by atoms with van der Waals surface area (Å²) < 4.78 is 20.4. The summed E-state index contributed by atoms with van der Waals surface area (Å²) in [5, 5.41) is 8.28. The normalized spacial score (nSPS) is 11.2. The molecule has 24 heavy (non-hydrogen) atoms. The minimum Gasteiger partial charge on any atom is -0.463 e. The maximum absolute atomic E-state index is 13.4. The second-order valence-electron chi connectivity index (χ2n) is 5.41. The highest BCUT2D eigenvalue weighted by atomic mass is 19.1. The topological polar surface area (TPSA) is 95.7 Å². The van der Waals surface area contributed by atoms with E-state index in [2.05, 4.69) is 20.3 Å². The summed E-state index contributed by atoms with van der Waals surface area (Å²) in [7, 11) is 0. The second-order valence-corrected chi connectivity index (χ2v) is 5.41. The van der Waals surface area contributed by atoms with Gasteiger partial charge in [0, 0.05) is 0 Å². The van der Waals surface area contributed by atoms with Crippen LogP contribution in [0.4, 0.5) is 10.3 Å². The van der Waals surface area contributed by atoms with Gasteiger partial charge in [-0.05, 0) is 36.2 Å². The number of anilines is 1. The Morgan fingerprint density at radius 2 is 2.12 bits per heavy atom. The lowest BCUT2D eigenvalue weighted by Crippen LogP contribution is -2.05. The van der Waals surface area contributed by atoms with E-state index in [4.69, 9.17) is 10.2 Å². The van der Waals surface area contributed by atoms with Crippen molar-refractivity contribution in [3.8, 4) is 11.5 Å². The van der Waals surface area contributed by atoms with Gasteiger partial charge >= 0.3 is 0 Å². The first kappa shape index (κ1) is 14.3. The van der Waals surface area contributed by atoms with E-state index in [1.54, 1.807) is 42.1 Å². The first-order valence-electron chi connectivity index (χ1n) is 7.27. The van der Waals surface area contributed by atoms with E-state index in [9.17, 15) is 4.39 Å². The molecule has 7 nitrogen and oxygen atoms in total. The van der Waals surface area contributed by atoms with Gasteiger partial charge in [0.15, 0.2) is 16.9 Å². The third kappa shape index (κ3) is 2.37. The molecule has 0 bridgehead atoms. The highest BCUT2D eigenvalue weighted by molar-refractivity contribution is 5.85. The molecule has 0 amide bonds. The Morgan fingerprint density at radius 3 is 2.88 bits per heavy atom. The lowest BCUT2D eigenvalue weighted by Gasteiger charge is -2.05. The van der Waals surface area contributed by atoms with Crippen molar-refractivity contribution in [1.82, 2.24) is 25.0 Å². The highest BCUT2D eigenvalue weighted by Gasteiger charge is 2.17. The number of fused-ring (bicyclic) bond motifs is 1. The zero-order valence-corrected chi connectivity index (χ0v) is 12.8. The Hall–Kier alpha value is -3.29. The van der Waals surface area contributed by atoms with Crippen molar-refractivity contribution < 1.29 is 8.81 Å². The zero-order chi connectivity index (χ0) is 16.7. The van der Waals surface area contributed by atoms with E-state index in [1.165, 1.54) is 6.07 Å². The molecule has 0 aliphatic rings. The van der Waals surface area contributed by atoms with Crippen LogP contribution in [0.1, 0.15) is 11.1 Å². The molecule has 4 rings (SSSR count). The van der Waals surface area contributed by atoms with E-state index < -0.39 is 0 Å². The maximum atomic E-state index is 13.4. The Balaban J connectivity index is 1.81. The van der Waals surface area contributed by atoms with E-state index in [1.807, 2.05) is 0 Å². The lowest BCUT2D eigenvalue weighted by molar-refractivity contribution is 0.580. The molecule has 0 fully saturated rings. The molecule has 0 spiro atoms. The fourth-order valence-electron chi connectivity index (χ4n) is 2.54. The summed E-state index contributed by atoms with van der Waals surface area (Å²) in [5.74, 6) is 0.403. The summed E-state index contributed by atoms with van der Waals surface area (Å²) >= 11 is 0. The van der Waals surface area contributed by atoms with E-state index >= 15 is 0 Å². The van der Waals surface area contributed by atoms with E-state index in [-0.39, 0.29) is 11.8 Å². The number of hydrogen-bond acceptors (Lipinski definition) is 6. The fraction of sp³-hybridized carbons (Fsp3) is 0.125. The molecular formula is C16H13FN6O. The summed E-state index contributed by atoms with van der Waals surface area (Å²) in [5.41, 5.74) is 8.76. The minimum absolute atomic E-state index is 0.104. The van der Waals surface area contributed by atoms with Crippen LogP contribution in [-0.2, 0) is 6.54 Å². The predicted octanol–water partition coefficient (Wildman–Crippen LogP) is 2.56. The molecule has 0 saturated heterocycles. The minimum atomic E-state index is -0.242. The van der Waals surface area contributed by atoms with Crippen LogP contribution in [0.25, 0.3) is 22.6 Å². The number of rotatable bonds is 3. The number of aromatic nitrogens is 5. The van der Waals surface area contributed by atoms with Crippen LogP contribution in [-0.4, -0.2) is 25.0 Å². The summed E-state index contributed by atoms with van der Waals surface area (Å²) in [4.78, 5) is 8.43. The van der Waals surface area contributed by atoms with Crippen LogP contribution >= 0.6 is 0 Å². The second kappa shape index (κ2) is 5.41. The molecule has 0 unspecified atom stereocenters. The highest BCUT2D eigenvalue weighted by Crippen LogP contribution is 2.25. The lowest BCUT2D eigenvalue weighted by atomic mass is 10.1. The largest absolute Gasteiger partial charge is 0.463 e. The van der Waals surface area contributed by atoms with Crippen LogP contribution in [0.2, 0.25) is 0 Å². The van der Waals surface area contributed by atoms with Gasteiger partial charge in [-0.2, -0.15) is 4.98 Å². The Kier molecular flexibility index (Phi) is 3.23. The van der Waals surface area contributed by atoms with Crippen LogP contribution in [0.15, 0.2) is 41.0 Å². The molecule has 0 aliphatic carbocycles. The number of furan rings is 1. The van der Waals surface area contributed by atoms with Gasteiger partial charge in [-0.1, -0.05) is 17.3 Å². The van der Waals surface area contributed by atoms with Crippen LogP contribution in [0, 0.1) is 12.7 Å². The number of aryl methyl sites for hydroxylation is 1. The molecule has 0 saturated carbocycles. The van der Waals surface area contributed by atoms with Crippen molar-refractivity contribution in [2.45, 2.75) is 13.5 Å². The third-order valence-corrected chi connectivity index (χ3v) is 3.69. The SMILES string of the molecule is Cc1cc(Cn2nnc3c(-c4ccco4)nc(N)nc32)ccc1F. The van der Waals surface area contributed by atoms with Crippen molar-refractivity contribution >= 4 is 17.1 Å². The first-order chi connectivity index (χ1) is 11.6. The molecule has 120 valence electrons. The van der Waals surface area contributed by atoms with Crippen molar-refractivity contribution in [2.24, 2.45) is 0 Å². The Bertz CT molecular complexity index is 1020. The molecule has 4 aromatic rings. The van der Waals surface area contributed by atoms with Gasteiger partial charge in [0.2, 0.25) is 5.95 Å². The van der Waals surface area contributed by atoms with Crippen LogP contribution in [0.3, 0.4) is 0 Å². The average molecular weight is 324 g/mol. The zero-order valence-electron chi connectivity index (χ0n) is 12.8. The molecule has 3 heterocycles. The molecule has 3 aromatic heterocycles. The van der Waals surface area contributed by atoms with Crippen molar-refractivity contribution in [3.63, 3.8) is 0 Å². The number of nitrogens with two attached hydrogens (primary N) is 1. The smallest absolute Gasteiger partial charge is 0.222 e. The number of benzene rings is 1. The Labute approximate surface area is 135 Å². The monoisotopic (exact) mass is 324 g/mol. The maximum Gasteiger partial charge on any atom is 0.222 e. The van der Waals surface area contributed by atoms with E-state index in [0.29, 0.717) is 34.7 Å². The summed E-state index contributed by atoms with van der Waals surface area (Å²) in [6.07, 6.45) is 1.55. The van der Waals surface area contributed by atoms with Crippen molar-refractivity contribution in [2.75, 3.05) is 5.73 Å². The van der Waals surface area contributed by atoms with Gasteiger partial charge < -0.3 is 10.2 Å². The number of nitrogen functional groups attached to an aromatic ring is 1. The average Bonchev–Trinajstić information content (AvgIpc) is 3.21. The number of hydrogen-bond donors (Lipinski definition) is 1. The standard InChI is InChI=1S/C16H13FN6O/c1-9-7-10(4-5-11(9)17)8-23-15-14(21-22-23)13(19-16(18)20-15)12-3-2-6-24-12/h2-7H,8H2,1H3,(H2,18,19,20). The van der Waals surface area contributed by atoms with Crippen molar-refractivity contribution in [1.29, 1.82) is 0 Å². The molecule has 8 heteroatoms. The van der Waals surface area contributed by atoms with Gasteiger partial charge in [-0.25, -0.2) is 14.1 Å². The molecule has 0 radical (unpaired) electrons. The van der Waals surface area contributed by atoms with Gasteiger partial charge in [0.05, 0.1) is 12.8 Å². The predicted molar refractivity (Wildman–Crippen MR) is 85.5 cm³/mol. The van der Waals surface area contributed by atoms with Crippen LogP contribution in [0.5, 0.6) is 0 Å². The van der Waals surface area contributed by atoms with Gasteiger partial charge in [-0.3, -0.25) is 0 Å². The molecule has 2 N–H and O–H groups in total. The Morgan fingerprint density at radius 1 is 1.25 bits per heavy atom. The van der Waals surface area contributed by atoms with Crippen LogP contribution < -0.4 is 5.73 Å². The summed E-state index contributed by atoms with van der Waals surface area (Å²) in [6, 6.07) is 8.42. The fourth-order valence-corrected chi connectivity index (χ4v) is 2.54. The van der Waals surface area contributed by atoms with Gasteiger partial charge in [0.25, 0.3) is 0 Å². The number of nitrogens with zero attached hydrogens (tertiary/aromatic N) is 5. The third-order valence-electron chi connectivity index (χ3n) is 3.69. The van der Waals surface area contributed by atoms with Gasteiger partial charge in [0.1, 0.15) is 11.5 Å². The molecule has 0 atom stereocenters. The molecule has 0 aliphatic heterocycles. The number of halogens is 1. The van der Waals surface area contributed by atoms with Crippen molar-refractivity contribution in [3.05, 3.63) is 53.5 Å². The van der Waals surface area contributed by atoms with Gasteiger partial charge in [-0.15, -0.1) is 5.10 Å².